The van der Waals surface area contributed by atoms with Crippen molar-refractivity contribution in [3.8, 4) is 5.75 Å². The van der Waals surface area contributed by atoms with Crippen molar-refractivity contribution in [2.24, 2.45) is 0 Å². The Kier molecular flexibility index (Phi) is 7.81. The van der Waals surface area contributed by atoms with Crippen molar-refractivity contribution in [2.75, 3.05) is 56.4 Å². The predicted molar refractivity (Wildman–Crippen MR) is 136 cm³/mol. The first kappa shape index (κ1) is 24.5. The third-order valence-electron chi connectivity index (χ3n) is 6.25. The minimum absolute atomic E-state index is 0.0530. The Hall–Kier alpha value is -3.66. The number of hydrogen-bond donors (Lipinski definition) is 3. The summed E-state index contributed by atoms with van der Waals surface area (Å²) in [4.78, 5) is 37.9. The number of benzene rings is 1. The van der Waals surface area contributed by atoms with Crippen LogP contribution in [0.15, 0.2) is 30.7 Å². The van der Waals surface area contributed by atoms with Crippen LogP contribution in [0.1, 0.15) is 36.8 Å². The van der Waals surface area contributed by atoms with Crippen molar-refractivity contribution in [1.29, 1.82) is 0 Å². The number of fused-ring (bicyclic) bond motifs is 2. The molecule has 0 saturated carbocycles. The Morgan fingerprint density at radius 1 is 1.06 bits per heavy atom. The van der Waals surface area contributed by atoms with E-state index in [0.717, 1.165) is 49.4 Å². The maximum Gasteiger partial charge on any atom is 0.259 e. The molecule has 0 spiro atoms. The second-order valence-corrected chi connectivity index (χ2v) is 8.92. The van der Waals surface area contributed by atoms with Gasteiger partial charge in [-0.05, 0) is 44.6 Å². The molecule has 0 saturated heterocycles. The molecular formula is C25H33N7O3. The molecule has 3 heterocycles. The van der Waals surface area contributed by atoms with Crippen LogP contribution in [-0.4, -0.2) is 67.5 Å². The van der Waals surface area contributed by atoms with Gasteiger partial charge in [-0.25, -0.2) is 9.97 Å². The van der Waals surface area contributed by atoms with Gasteiger partial charge in [0.2, 0.25) is 5.91 Å². The minimum atomic E-state index is -0.244. The number of methoxy groups -OCH3 is 1. The number of carbonyl (C=O) groups excluding carboxylic acids is 2. The molecule has 35 heavy (non-hydrogen) atoms. The fourth-order valence-electron chi connectivity index (χ4n) is 4.35. The molecule has 0 radical (unpaired) electrons. The van der Waals surface area contributed by atoms with Gasteiger partial charge in [0.05, 0.1) is 18.2 Å². The van der Waals surface area contributed by atoms with E-state index in [-0.39, 0.29) is 11.8 Å². The number of amides is 2. The van der Waals surface area contributed by atoms with Crippen LogP contribution in [0.5, 0.6) is 5.75 Å². The zero-order valence-corrected chi connectivity index (χ0v) is 20.6. The average Bonchev–Trinajstić information content (AvgIpc) is 3.16. The van der Waals surface area contributed by atoms with Gasteiger partial charge in [-0.2, -0.15) is 0 Å². The summed E-state index contributed by atoms with van der Waals surface area (Å²) < 4.78 is 5.57. The smallest absolute Gasteiger partial charge is 0.259 e. The highest BCUT2D eigenvalue weighted by Crippen LogP contribution is 2.36. The first-order valence-corrected chi connectivity index (χ1v) is 11.9. The number of rotatable bonds is 1. The zero-order chi connectivity index (χ0) is 24.8. The molecule has 4 rings (SSSR count). The molecule has 2 amide bonds. The third-order valence-corrected chi connectivity index (χ3v) is 6.25. The molecule has 0 unspecified atom stereocenters. The summed E-state index contributed by atoms with van der Waals surface area (Å²) in [6.07, 6.45) is 6.52. The molecule has 1 aromatic carbocycles. The van der Waals surface area contributed by atoms with Crippen LogP contribution < -0.4 is 25.6 Å². The molecule has 2 bridgehead atoms. The Morgan fingerprint density at radius 3 is 2.74 bits per heavy atom. The lowest BCUT2D eigenvalue weighted by atomic mass is 10.1. The van der Waals surface area contributed by atoms with E-state index in [0.29, 0.717) is 42.3 Å². The SMILES string of the molecule is COc1ccc2cc1CN(C)CCCCCC(=O)NCCN(C)c1ncnc3c1/C(=C/N2)C(=O)N3. The molecule has 0 aliphatic carbocycles. The lowest BCUT2D eigenvalue weighted by Crippen LogP contribution is -2.33. The Morgan fingerprint density at radius 2 is 1.91 bits per heavy atom. The molecule has 2 aliphatic rings. The van der Waals surface area contributed by atoms with E-state index in [2.05, 4.69) is 37.9 Å². The van der Waals surface area contributed by atoms with E-state index in [1.165, 1.54) is 6.33 Å². The van der Waals surface area contributed by atoms with Gasteiger partial charge in [0.1, 0.15) is 23.7 Å². The summed E-state index contributed by atoms with van der Waals surface area (Å²) in [6.45, 7) is 2.69. The van der Waals surface area contributed by atoms with Crippen molar-refractivity contribution in [2.45, 2.75) is 32.2 Å². The van der Waals surface area contributed by atoms with E-state index in [4.69, 9.17) is 4.74 Å². The summed E-state index contributed by atoms with van der Waals surface area (Å²) >= 11 is 0. The Bertz CT molecular complexity index is 1120. The normalized spacial score (nSPS) is 19.5. The average molecular weight is 480 g/mol. The number of ether oxygens (including phenoxy) is 1. The van der Waals surface area contributed by atoms with Gasteiger partial charge in [-0.3, -0.25) is 9.59 Å². The summed E-state index contributed by atoms with van der Waals surface area (Å²) in [5, 5.41) is 9.07. The first-order valence-electron chi connectivity index (χ1n) is 11.9. The Balaban J connectivity index is 1.66. The quantitative estimate of drug-likeness (QED) is 0.572. The maximum atomic E-state index is 12.8. The molecule has 0 atom stereocenters. The standard InChI is InChI=1S/C25H33N7O3/c1-31-11-6-4-5-7-21(33)26-10-12-32(2)24-22-19(25(34)30-23(22)28-16-29-24)14-27-18-8-9-20(35-3)17(13-18)15-31/h8-9,13-14,16,27H,4-7,10-12,15H2,1-3H3,(H,26,33)(H,28,29,30,34)/b19-14-. The highest BCUT2D eigenvalue weighted by Gasteiger charge is 2.30. The second kappa shape index (κ2) is 11.2. The zero-order valence-electron chi connectivity index (χ0n) is 20.6. The molecule has 10 heteroatoms. The maximum absolute atomic E-state index is 12.8. The van der Waals surface area contributed by atoms with Crippen LogP contribution >= 0.6 is 0 Å². The van der Waals surface area contributed by atoms with Crippen molar-refractivity contribution in [1.82, 2.24) is 20.2 Å². The molecule has 10 nitrogen and oxygen atoms in total. The van der Waals surface area contributed by atoms with Crippen LogP contribution in [-0.2, 0) is 16.1 Å². The fourth-order valence-corrected chi connectivity index (χ4v) is 4.35. The van der Waals surface area contributed by atoms with Crippen LogP contribution in [0.4, 0.5) is 17.3 Å². The summed E-state index contributed by atoms with van der Waals surface area (Å²) in [5.74, 6) is 1.73. The Labute approximate surface area is 205 Å². The van der Waals surface area contributed by atoms with E-state index >= 15 is 0 Å². The number of anilines is 3. The summed E-state index contributed by atoms with van der Waals surface area (Å²) in [6, 6.07) is 5.90. The molecule has 3 N–H and O–H groups in total. The summed E-state index contributed by atoms with van der Waals surface area (Å²) in [5.41, 5.74) is 3.00. The van der Waals surface area contributed by atoms with Crippen LogP contribution in [0.2, 0.25) is 0 Å². The topological polar surface area (TPSA) is 112 Å². The van der Waals surface area contributed by atoms with Crippen molar-refractivity contribution in [3.63, 3.8) is 0 Å². The van der Waals surface area contributed by atoms with Crippen LogP contribution in [0, 0.1) is 0 Å². The van der Waals surface area contributed by atoms with E-state index in [1.807, 2.05) is 30.1 Å². The number of hydrogen-bond acceptors (Lipinski definition) is 8. The van der Waals surface area contributed by atoms with Gasteiger partial charge in [-0.1, -0.05) is 6.42 Å². The highest BCUT2D eigenvalue weighted by molar-refractivity contribution is 6.32. The van der Waals surface area contributed by atoms with Crippen molar-refractivity contribution < 1.29 is 14.3 Å². The van der Waals surface area contributed by atoms with Gasteiger partial charge in [0.25, 0.3) is 5.91 Å². The first-order chi connectivity index (χ1) is 17.0. The number of likely N-dealkylation sites (N-methyl/N-ethyl adjacent to an activating group) is 1. The molecular weight excluding hydrogens is 446 g/mol. The lowest BCUT2D eigenvalue weighted by molar-refractivity contribution is -0.121. The van der Waals surface area contributed by atoms with Crippen molar-refractivity contribution >= 4 is 34.7 Å². The molecule has 2 aromatic rings. The largest absolute Gasteiger partial charge is 0.496 e. The fraction of sp³-hybridized carbons (Fsp3) is 0.440. The van der Waals surface area contributed by atoms with E-state index in [1.54, 1.807) is 13.3 Å². The van der Waals surface area contributed by atoms with Gasteiger partial charge in [-0.15, -0.1) is 0 Å². The predicted octanol–water partition coefficient (Wildman–Crippen LogP) is 2.45. The van der Waals surface area contributed by atoms with Gasteiger partial charge < -0.3 is 30.5 Å². The van der Waals surface area contributed by atoms with E-state index in [9.17, 15) is 9.59 Å². The molecule has 0 fully saturated rings. The number of nitrogens with one attached hydrogen (secondary N) is 3. The number of carbonyl (C=O) groups is 2. The molecule has 1 aromatic heterocycles. The highest BCUT2D eigenvalue weighted by atomic mass is 16.5. The number of aromatic nitrogens is 2. The summed E-state index contributed by atoms with van der Waals surface area (Å²) in [7, 11) is 5.64. The van der Waals surface area contributed by atoms with Crippen LogP contribution in [0.25, 0.3) is 5.57 Å². The van der Waals surface area contributed by atoms with Gasteiger partial charge in [0, 0.05) is 50.6 Å². The monoisotopic (exact) mass is 479 g/mol. The van der Waals surface area contributed by atoms with E-state index < -0.39 is 0 Å². The second-order valence-electron chi connectivity index (χ2n) is 8.92. The van der Waals surface area contributed by atoms with Crippen LogP contribution in [0.3, 0.4) is 0 Å². The molecule has 186 valence electrons. The van der Waals surface area contributed by atoms with Gasteiger partial charge >= 0.3 is 0 Å². The number of nitrogens with zero attached hydrogens (tertiary/aromatic N) is 4. The van der Waals surface area contributed by atoms with Gasteiger partial charge in [0.15, 0.2) is 0 Å². The lowest BCUT2D eigenvalue weighted by Gasteiger charge is -2.21. The molecule has 2 aliphatic heterocycles. The van der Waals surface area contributed by atoms with Crippen molar-refractivity contribution in [3.05, 3.63) is 41.9 Å². The minimum Gasteiger partial charge on any atom is -0.496 e. The third kappa shape index (κ3) is 5.89.